The van der Waals surface area contributed by atoms with Crippen LogP contribution in [0.5, 0.6) is 0 Å². The van der Waals surface area contributed by atoms with Crippen molar-refractivity contribution in [1.82, 2.24) is 39.9 Å². The number of hydrogen-bond donors (Lipinski definition) is 4. The van der Waals surface area contributed by atoms with Gasteiger partial charge in [-0.3, -0.25) is 0 Å². The van der Waals surface area contributed by atoms with Gasteiger partial charge in [0, 0.05) is 105 Å². The van der Waals surface area contributed by atoms with Crippen LogP contribution in [-0.4, -0.2) is 39.9 Å². The molecule has 0 saturated carbocycles. The Balaban J connectivity index is 0.000000151. The molecule has 10 heterocycles. The summed E-state index contributed by atoms with van der Waals surface area (Å²) in [4.78, 5) is 36.6. The van der Waals surface area contributed by atoms with E-state index in [0.717, 1.165) is 179 Å². The normalized spacial score (nSPS) is 11.9. The van der Waals surface area contributed by atoms with Gasteiger partial charge in [-0.05, 0) is 142 Å². The van der Waals surface area contributed by atoms with Crippen LogP contribution in [0.1, 0.15) is 45.6 Å². The molecule has 6 aromatic heterocycles. The van der Waals surface area contributed by atoms with Crippen LogP contribution in [0.2, 0.25) is 0 Å². The van der Waals surface area contributed by atoms with Gasteiger partial charge in [-0.2, -0.15) is 0 Å². The Labute approximate surface area is 571 Å². The second-order valence-corrected chi connectivity index (χ2v) is 23.9. The maximum Gasteiger partial charge on any atom is 0.0737 e. The van der Waals surface area contributed by atoms with Crippen LogP contribution in [0.4, 0.5) is 0 Å². The summed E-state index contributed by atoms with van der Waals surface area (Å²) >= 11 is 0. The minimum Gasteiger partial charge on any atom is -0.354 e. The zero-order valence-corrected chi connectivity index (χ0v) is 53.5. The van der Waals surface area contributed by atoms with Gasteiger partial charge < -0.3 is 19.9 Å². The molecule has 0 fully saturated rings. The van der Waals surface area contributed by atoms with E-state index in [1.165, 1.54) is 0 Å². The SMILES string of the molecule is C1=Cc2nc1c(-c1ccccc1)c1ccc([nH]1)c(-c1ccccc1)c1nc(c(-c3ccccc3)c3ccc([nH]3)c2-c2ccccc2)C=C1.C1=Cc2nc1c(-c1ccccc1)c1ccc([nH]1)c(-c1ccccc1)c1nc(c(-c3ccccc3)c3ccc([nH]3)c2-c2ccccc2)C=C1.[Co]. The summed E-state index contributed by atoms with van der Waals surface area (Å²) in [5.74, 6) is 0. The fourth-order valence-electron chi connectivity index (χ4n) is 13.7. The van der Waals surface area contributed by atoms with Gasteiger partial charge in [-0.15, -0.1) is 0 Å². The topological polar surface area (TPSA) is 115 Å². The van der Waals surface area contributed by atoms with Gasteiger partial charge in [-0.25, -0.2) is 19.9 Å². The van der Waals surface area contributed by atoms with Crippen LogP contribution in [0.15, 0.2) is 291 Å². The van der Waals surface area contributed by atoms with E-state index < -0.39 is 0 Å². The predicted molar refractivity (Wildman–Crippen MR) is 401 cm³/mol. The molecule has 4 aliphatic heterocycles. The molecule has 0 unspecified atom stereocenters. The van der Waals surface area contributed by atoms with Gasteiger partial charge in [0.15, 0.2) is 0 Å². The van der Waals surface area contributed by atoms with Crippen molar-refractivity contribution in [2.75, 3.05) is 0 Å². The number of hydrogen-bond acceptors (Lipinski definition) is 4. The summed E-state index contributed by atoms with van der Waals surface area (Å²) in [5.41, 5.74) is 32.3. The van der Waals surface area contributed by atoms with Crippen LogP contribution in [-0.2, 0) is 16.8 Å². The quantitative estimate of drug-likeness (QED) is 0.121. The molecule has 4 aliphatic rings. The van der Waals surface area contributed by atoms with Crippen molar-refractivity contribution in [3.05, 3.63) is 337 Å². The van der Waals surface area contributed by atoms with Gasteiger partial charge in [-0.1, -0.05) is 243 Å². The van der Waals surface area contributed by atoms with E-state index in [2.05, 4.69) is 311 Å². The van der Waals surface area contributed by atoms with Crippen molar-refractivity contribution in [2.24, 2.45) is 0 Å². The van der Waals surface area contributed by atoms with Gasteiger partial charge in [0.2, 0.25) is 0 Å². The van der Waals surface area contributed by atoms with Crippen molar-refractivity contribution < 1.29 is 16.8 Å². The molecule has 16 bridgehead atoms. The van der Waals surface area contributed by atoms with E-state index in [-0.39, 0.29) is 16.8 Å². The van der Waals surface area contributed by atoms with E-state index in [1.54, 1.807) is 0 Å². The molecule has 18 rings (SSSR count). The zero-order chi connectivity index (χ0) is 63.7. The Kier molecular flexibility index (Phi) is 16.0. The van der Waals surface area contributed by atoms with Crippen LogP contribution in [0, 0.1) is 0 Å². The third kappa shape index (κ3) is 11.5. The Morgan fingerprint density at radius 3 is 0.371 bits per heavy atom. The number of aromatic nitrogens is 8. The summed E-state index contributed by atoms with van der Waals surface area (Å²) in [6.07, 6.45) is 17.1. The summed E-state index contributed by atoms with van der Waals surface area (Å²) in [7, 11) is 0. The molecule has 4 N–H and O–H groups in total. The van der Waals surface area contributed by atoms with E-state index in [4.69, 9.17) is 19.9 Å². The summed E-state index contributed by atoms with van der Waals surface area (Å²) < 4.78 is 0. The Bertz CT molecular complexity index is 4720. The molecule has 1 radical (unpaired) electrons. The molecule has 14 aromatic rings. The van der Waals surface area contributed by atoms with Crippen LogP contribution >= 0.6 is 0 Å². The van der Waals surface area contributed by atoms with E-state index in [0.29, 0.717) is 0 Å². The fraction of sp³-hybridized carbons (Fsp3) is 0. The molecule has 8 nitrogen and oxygen atoms in total. The van der Waals surface area contributed by atoms with E-state index >= 15 is 0 Å². The van der Waals surface area contributed by atoms with Crippen LogP contribution < -0.4 is 0 Å². The Morgan fingerprint density at radius 1 is 0.144 bits per heavy atom. The second kappa shape index (κ2) is 26.1. The van der Waals surface area contributed by atoms with Gasteiger partial charge >= 0.3 is 0 Å². The first-order chi connectivity index (χ1) is 47.6. The Hall–Kier alpha value is -12.5. The number of nitrogens with zero attached hydrogens (tertiary/aromatic N) is 4. The molecule has 0 amide bonds. The number of benzene rings is 8. The van der Waals surface area contributed by atoms with Gasteiger partial charge in [0.05, 0.1) is 45.6 Å². The molecule has 0 spiro atoms. The molecule has 461 valence electrons. The average Bonchev–Trinajstić information content (AvgIpc) is 1.65. The van der Waals surface area contributed by atoms with Crippen molar-refractivity contribution in [3.63, 3.8) is 0 Å². The minimum absolute atomic E-state index is 0. The number of H-pyrrole nitrogens is 4. The minimum atomic E-state index is 0. The smallest absolute Gasteiger partial charge is 0.0737 e. The summed E-state index contributed by atoms with van der Waals surface area (Å²) in [6.45, 7) is 0. The first kappa shape index (κ1) is 59.5. The standard InChI is InChI=1S/2C44H30N4.Co/c2*1-5-13-29(14-6-1)41-33-21-23-35(45-33)42(30-15-7-2-8-16-30)37-25-27-39(47-37)44(32-19-11-4-12-20-32)40-28-26-38(48-40)43(31-17-9-3-10-18-31)36-24-22-34(41)46-36;/h2*1-28,45,48H;. The van der Waals surface area contributed by atoms with Crippen LogP contribution in [0.25, 0.3) is 182 Å². The molecule has 0 aliphatic carbocycles. The third-order valence-electron chi connectivity index (χ3n) is 18.0. The zero-order valence-electron chi connectivity index (χ0n) is 52.5. The second-order valence-electron chi connectivity index (χ2n) is 23.9. The number of aromatic amines is 4. The molecule has 0 atom stereocenters. The summed E-state index contributed by atoms with van der Waals surface area (Å²) in [5, 5.41) is 0. The number of nitrogens with one attached hydrogen (secondary N) is 4. The Morgan fingerprint density at radius 2 is 0.258 bits per heavy atom. The molecule has 8 aromatic carbocycles. The van der Waals surface area contributed by atoms with Crippen molar-refractivity contribution in [2.45, 2.75) is 0 Å². The summed E-state index contributed by atoms with van der Waals surface area (Å²) in [6, 6.07) is 101. The van der Waals surface area contributed by atoms with Crippen molar-refractivity contribution >= 4 is 92.7 Å². The first-order valence-electron chi connectivity index (χ1n) is 32.4. The monoisotopic (exact) mass is 1290 g/mol. The molecule has 97 heavy (non-hydrogen) atoms. The van der Waals surface area contributed by atoms with Gasteiger partial charge in [0.1, 0.15) is 0 Å². The average molecular weight is 1290 g/mol. The maximum atomic E-state index is 5.35. The predicted octanol–water partition coefficient (Wildman–Crippen LogP) is 22.6. The molecule has 9 heteroatoms. The number of rotatable bonds is 8. The molecule has 0 saturated heterocycles. The molecular formula is C88H60CoN8. The largest absolute Gasteiger partial charge is 0.354 e. The van der Waals surface area contributed by atoms with Crippen molar-refractivity contribution in [3.8, 4) is 89.0 Å². The first-order valence-corrected chi connectivity index (χ1v) is 32.4. The van der Waals surface area contributed by atoms with Gasteiger partial charge in [0.25, 0.3) is 0 Å². The van der Waals surface area contributed by atoms with E-state index in [1.807, 2.05) is 48.5 Å². The maximum absolute atomic E-state index is 5.35. The third-order valence-corrected chi connectivity index (χ3v) is 18.0. The van der Waals surface area contributed by atoms with Crippen molar-refractivity contribution in [1.29, 1.82) is 0 Å². The number of fused-ring (bicyclic) bond motifs is 16. The van der Waals surface area contributed by atoms with Crippen LogP contribution in [0.3, 0.4) is 0 Å². The molecular weight excluding hydrogens is 1230 g/mol. The fourth-order valence-corrected chi connectivity index (χ4v) is 13.7. The van der Waals surface area contributed by atoms with E-state index in [9.17, 15) is 0 Å².